The standard InChI is InChI=1S/C14H18N2O3/c1-2-4-13-15-11-9-10(14(18)19)5-6-12(11)16(13)7-3-8-17/h5-6,9,17H,2-4,7-8H2,1H3,(H,18,19). The predicted octanol–water partition coefficient (Wildman–Crippen LogP) is 2.07. The lowest BCUT2D eigenvalue weighted by Gasteiger charge is -2.07. The fourth-order valence-corrected chi connectivity index (χ4v) is 2.21. The second kappa shape index (κ2) is 5.84. The molecule has 1 aromatic carbocycles. The largest absolute Gasteiger partial charge is 0.478 e. The molecule has 0 aliphatic heterocycles. The number of aromatic nitrogens is 2. The average Bonchev–Trinajstić information content (AvgIpc) is 2.73. The molecule has 102 valence electrons. The van der Waals surface area contributed by atoms with Crippen molar-refractivity contribution in [3.05, 3.63) is 29.6 Å². The summed E-state index contributed by atoms with van der Waals surface area (Å²) in [6.45, 7) is 2.92. The van der Waals surface area contributed by atoms with Crippen molar-refractivity contribution < 1.29 is 15.0 Å². The topological polar surface area (TPSA) is 75.3 Å². The van der Waals surface area contributed by atoms with Crippen molar-refractivity contribution in [2.75, 3.05) is 6.61 Å². The molecule has 2 rings (SSSR count). The van der Waals surface area contributed by atoms with Crippen LogP contribution in [0.25, 0.3) is 11.0 Å². The zero-order chi connectivity index (χ0) is 13.8. The van der Waals surface area contributed by atoms with Crippen molar-refractivity contribution in [2.45, 2.75) is 32.7 Å². The fraction of sp³-hybridized carbons (Fsp3) is 0.429. The van der Waals surface area contributed by atoms with E-state index < -0.39 is 5.97 Å². The Kier molecular flexibility index (Phi) is 4.16. The lowest BCUT2D eigenvalue weighted by atomic mass is 10.2. The van der Waals surface area contributed by atoms with Crippen LogP contribution in [0.3, 0.4) is 0 Å². The van der Waals surface area contributed by atoms with Crippen molar-refractivity contribution in [1.82, 2.24) is 9.55 Å². The van der Waals surface area contributed by atoms with Crippen LogP contribution < -0.4 is 0 Å². The molecule has 0 unspecified atom stereocenters. The highest BCUT2D eigenvalue weighted by molar-refractivity contribution is 5.92. The first-order chi connectivity index (χ1) is 9.17. The summed E-state index contributed by atoms with van der Waals surface area (Å²) >= 11 is 0. The van der Waals surface area contributed by atoms with Gasteiger partial charge in [0.2, 0.25) is 0 Å². The number of benzene rings is 1. The molecule has 0 aliphatic carbocycles. The number of aliphatic hydroxyl groups is 1. The Labute approximate surface area is 111 Å². The van der Waals surface area contributed by atoms with Gasteiger partial charge in [0.15, 0.2) is 0 Å². The third-order valence-electron chi connectivity index (χ3n) is 3.09. The molecule has 1 aromatic heterocycles. The van der Waals surface area contributed by atoms with Gasteiger partial charge in [0.25, 0.3) is 0 Å². The van der Waals surface area contributed by atoms with Gasteiger partial charge in [0.1, 0.15) is 5.82 Å². The van der Waals surface area contributed by atoms with Crippen LogP contribution >= 0.6 is 0 Å². The van der Waals surface area contributed by atoms with E-state index in [1.165, 1.54) is 0 Å². The van der Waals surface area contributed by atoms with Crippen molar-refractivity contribution in [2.24, 2.45) is 0 Å². The number of hydrogen-bond acceptors (Lipinski definition) is 3. The van der Waals surface area contributed by atoms with Crippen LogP contribution in [-0.2, 0) is 13.0 Å². The fourth-order valence-electron chi connectivity index (χ4n) is 2.21. The summed E-state index contributed by atoms with van der Waals surface area (Å²) in [5.41, 5.74) is 1.89. The molecule has 0 amide bonds. The van der Waals surface area contributed by atoms with Gasteiger partial charge in [-0.3, -0.25) is 0 Å². The molecule has 0 spiro atoms. The van der Waals surface area contributed by atoms with Gasteiger partial charge in [0, 0.05) is 19.6 Å². The Morgan fingerprint density at radius 2 is 2.21 bits per heavy atom. The first-order valence-corrected chi connectivity index (χ1v) is 6.50. The number of carboxylic acid groups (broad SMARTS) is 1. The maximum absolute atomic E-state index is 11.0. The van der Waals surface area contributed by atoms with Crippen molar-refractivity contribution >= 4 is 17.0 Å². The van der Waals surface area contributed by atoms with E-state index in [0.29, 0.717) is 18.5 Å². The first-order valence-electron chi connectivity index (χ1n) is 6.50. The molecule has 0 radical (unpaired) electrons. The molecule has 5 heteroatoms. The van der Waals surface area contributed by atoms with E-state index in [2.05, 4.69) is 16.5 Å². The zero-order valence-electron chi connectivity index (χ0n) is 11.0. The normalized spacial score (nSPS) is 11.1. The van der Waals surface area contributed by atoms with Crippen LogP contribution in [0, 0.1) is 0 Å². The SMILES string of the molecule is CCCc1nc2cc(C(=O)O)ccc2n1CCCO. The Balaban J connectivity index is 2.49. The number of carboxylic acids is 1. The second-order valence-electron chi connectivity index (χ2n) is 4.52. The van der Waals surface area contributed by atoms with E-state index in [0.717, 1.165) is 24.2 Å². The maximum Gasteiger partial charge on any atom is 0.335 e. The van der Waals surface area contributed by atoms with Gasteiger partial charge in [-0.1, -0.05) is 6.92 Å². The molecule has 19 heavy (non-hydrogen) atoms. The Hall–Kier alpha value is -1.88. The summed E-state index contributed by atoms with van der Waals surface area (Å²) in [5.74, 6) is 0.0114. The average molecular weight is 262 g/mol. The van der Waals surface area contributed by atoms with Crippen LogP contribution in [0.2, 0.25) is 0 Å². The molecule has 0 saturated carbocycles. The van der Waals surface area contributed by atoms with Gasteiger partial charge >= 0.3 is 5.97 Å². The quantitative estimate of drug-likeness (QED) is 0.835. The highest BCUT2D eigenvalue weighted by Crippen LogP contribution is 2.19. The predicted molar refractivity (Wildman–Crippen MR) is 72.4 cm³/mol. The second-order valence-corrected chi connectivity index (χ2v) is 4.52. The summed E-state index contributed by atoms with van der Waals surface area (Å²) in [4.78, 5) is 15.5. The van der Waals surface area contributed by atoms with E-state index in [1.54, 1.807) is 18.2 Å². The third-order valence-corrected chi connectivity index (χ3v) is 3.09. The van der Waals surface area contributed by atoms with Crippen molar-refractivity contribution in [3.63, 3.8) is 0 Å². The highest BCUT2D eigenvalue weighted by atomic mass is 16.4. The maximum atomic E-state index is 11.0. The number of rotatable bonds is 6. The minimum Gasteiger partial charge on any atom is -0.478 e. The number of aryl methyl sites for hydroxylation is 2. The van der Waals surface area contributed by atoms with Gasteiger partial charge in [-0.25, -0.2) is 9.78 Å². The molecule has 0 bridgehead atoms. The van der Waals surface area contributed by atoms with Crippen molar-refractivity contribution in [1.29, 1.82) is 0 Å². The lowest BCUT2D eigenvalue weighted by Crippen LogP contribution is -2.05. The van der Waals surface area contributed by atoms with Crippen molar-refractivity contribution in [3.8, 4) is 0 Å². The van der Waals surface area contributed by atoms with Gasteiger partial charge in [0.05, 0.1) is 16.6 Å². The van der Waals surface area contributed by atoms with Gasteiger partial charge in [-0.2, -0.15) is 0 Å². The van der Waals surface area contributed by atoms with E-state index in [9.17, 15) is 4.79 Å². The van der Waals surface area contributed by atoms with Crippen LogP contribution in [0.5, 0.6) is 0 Å². The molecule has 2 aromatic rings. The molecule has 0 saturated heterocycles. The smallest absolute Gasteiger partial charge is 0.335 e. The minimum absolute atomic E-state index is 0.137. The molecule has 0 fully saturated rings. The van der Waals surface area contributed by atoms with Gasteiger partial charge < -0.3 is 14.8 Å². The number of aliphatic hydroxyl groups excluding tert-OH is 1. The van der Waals surface area contributed by atoms with Gasteiger partial charge in [-0.05, 0) is 31.0 Å². The number of hydrogen-bond donors (Lipinski definition) is 2. The van der Waals surface area contributed by atoms with E-state index in [4.69, 9.17) is 10.2 Å². The molecule has 0 aliphatic rings. The molecule has 5 nitrogen and oxygen atoms in total. The lowest BCUT2D eigenvalue weighted by molar-refractivity contribution is 0.0697. The van der Waals surface area contributed by atoms with Crippen LogP contribution in [-0.4, -0.2) is 32.3 Å². The third kappa shape index (κ3) is 2.76. The molecular weight excluding hydrogens is 244 g/mol. The summed E-state index contributed by atoms with van der Waals surface area (Å²) in [6.07, 6.45) is 2.50. The Morgan fingerprint density at radius 3 is 2.84 bits per heavy atom. The molecule has 1 heterocycles. The summed E-state index contributed by atoms with van der Waals surface area (Å²) in [5, 5.41) is 18.0. The number of nitrogens with zero attached hydrogens (tertiary/aromatic N) is 2. The first kappa shape index (κ1) is 13.5. The highest BCUT2D eigenvalue weighted by Gasteiger charge is 2.12. The van der Waals surface area contributed by atoms with Crippen LogP contribution in [0.4, 0.5) is 0 Å². The summed E-state index contributed by atoms with van der Waals surface area (Å²) in [7, 11) is 0. The number of fused-ring (bicyclic) bond motifs is 1. The Bertz CT molecular complexity index is 590. The molecule has 2 N–H and O–H groups in total. The van der Waals surface area contributed by atoms with Gasteiger partial charge in [-0.15, -0.1) is 0 Å². The minimum atomic E-state index is -0.941. The summed E-state index contributed by atoms with van der Waals surface area (Å²) in [6, 6.07) is 4.99. The van der Waals surface area contributed by atoms with Crippen LogP contribution in [0.1, 0.15) is 35.9 Å². The van der Waals surface area contributed by atoms with E-state index in [1.807, 2.05) is 0 Å². The molecule has 0 atom stereocenters. The molecular formula is C14H18N2O3. The number of carbonyl (C=O) groups is 1. The Morgan fingerprint density at radius 1 is 1.42 bits per heavy atom. The number of imidazole rings is 1. The van der Waals surface area contributed by atoms with Crippen LogP contribution in [0.15, 0.2) is 18.2 Å². The zero-order valence-corrected chi connectivity index (χ0v) is 11.0. The summed E-state index contributed by atoms with van der Waals surface area (Å²) < 4.78 is 2.07. The number of aromatic carboxylic acids is 1. The monoisotopic (exact) mass is 262 g/mol. The van der Waals surface area contributed by atoms with E-state index >= 15 is 0 Å². The van der Waals surface area contributed by atoms with E-state index in [-0.39, 0.29) is 12.2 Å².